The minimum absolute atomic E-state index is 0.230. The number of carbonyl (C=O) groups excluding carboxylic acids is 2. The predicted molar refractivity (Wildman–Crippen MR) is 102 cm³/mol. The highest BCUT2D eigenvalue weighted by Crippen LogP contribution is 2.40. The zero-order valence-electron chi connectivity index (χ0n) is 16.0. The molecule has 1 heterocycles. The third-order valence-electron chi connectivity index (χ3n) is 4.77. The third kappa shape index (κ3) is 2.55. The van der Waals surface area contributed by atoms with Gasteiger partial charge in [-0.1, -0.05) is 39.0 Å². The minimum Gasteiger partial charge on any atom is -0.465 e. The molecule has 26 heavy (non-hydrogen) atoms. The number of aromatic nitrogens is 1. The molecule has 0 saturated heterocycles. The van der Waals surface area contributed by atoms with Crippen LogP contribution in [0.2, 0.25) is 0 Å². The summed E-state index contributed by atoms with van der Waals surface area (Å²) in [4.78, 5) is 25.1. The van der Waals surface area contributed by atoms with Gasteiger partial charge in [0.15, 0.2) is 0 Å². The van der Waals surface area contributed by atoms with Crippen molar-refractivity contribution >= 4 is 33.7 Å². The van der Waals surface area contributed by atoms with Crippen molar-refractivity contribution in [3.8, 4) is 0 Å². The molecule has 0 radical (unpaired) electrons. The van der Waals surface area contributed by atoms with Gasteiger partial charge in [0.1, 0.15) is 0 Å². The Morgan fingerprint density at radius 2 is 1.62 bits per heavy atom. The summed E-state index contributed by atoms with van der Waals surface area (Å²) < 4.78 is 12.0. The fraction of sp³-hybridized carbons (Fsp3) is 0.333. The van der Waals surface area contributed by atoms with Crippen LogP contribution in [0.1, 0.15) is 47.1 Å². The van der Waals surface area contributed by atoms with Gasteiger partial charge < -0.3 is 14.0 Å². The fourth-order valence-electron chi connectivity index (χ4n) is 3.54. The maximum Gasteiger partial charge on any atom is 0.339 e. The lowest BCUT2D eigenvalue weighted by Crippen LogP contribution is -2.18. The summed E-state index contributed by atoms with van der Waals surface area (Å²) in [5.74, 6) is -1.10. The van der Waals surface area contributed by atoms with E-state index >= 15 is 0 Å². The van der Waals surface area contributed by atoms with Gasteiger partial charge >= 0.3 is 11.9 Å². The normalized spacial score (nSPS) is 11.8. The van der Waals surface area contributed by atoms with Crippen LogP contribution in [0.4, 0.5) is 0 Å². The molecule has 0 unspecified atom stereocenters. The number of esters is 2. The van der Waals surface area contributed by atoms with Crippen LogP contribution in [-0.2, 0) is 21.9 Å². The molecule has 3 aromatic rings. The van der Waals surface area contributed by atoms with E-state index in [1.807, 2.05) is 31.3 Å². The number of methoxy groups -OCH3 is 2. The maximum absolute atomic E-state index is 12.6. The number of para-hydroxylation sites is 1. The molecule has 0 fully saturated rings. The summed E-state index contributed by atoms with van der Waals surface area (Å²) in [6.45, 7) is 6.24. The number of ether oxygens (including phenoxy) is 2. The Morgan fingerprint density at radius 3 is 2.19 bits per heavy atom. The molecular formula is C21H23NO4. The number of rotatable bonds is 2. The topological polar surface area (TPSA) is 57.5 Å². The highest BCUT2D eigenvalue weighted by molar-refractivity contribution is 6.22. The molecule has 0 spiro atoms. The predicted octanol–water partition coefficient (Wildman–Crippen LogP) is 4.20. The Kier molecular flexibility index (Phi) is 4.26. The highest BCUT2D eigenvalue weighted by Gasteiger charge is 2.30. The van der Waals surface area contributed by atoms with Crippen LogP contribution >= 0.6 is 0 Å². The first-order chi connectivity index (χ1) is 12.2. The molecule has 1 aromatic heterocycles. The van der Waals surface area contributed by atoms with Gasteiger partial charge in [-0.05, 0) is 23.1 Å². The van der Waals surface area contributed by atoms with E-state index in [2.05, 4.69) is 25.3 Å². The van der Waals surface area contributed by atoms with Crippen molar-refractivity contribution < 1.29 is 19.1 Å². The molecule has 3 rings (SSSR count). The Hall–Kier alpha value is -2.82. The molecule has 0 N–H and O–H groups in total. The number of nitrogens with zero attached hydrogens (tertiary/aromatic N) is 1. The number of carbonyl (C=O) groups is 2. The SMILES string of the molecule is COC(=O)c1cc(C(C)(C)C)c2c(c1C(=O)OC)c1ccccc1n2C. The first-order valence-corrected chi connectivity index (χ1v) is 8.43. The number of aryl methyl sites for hydroxylation is 1. The molecule has 2 aromatic carbocycles. The summed E-state index contributed by atoms with van der Waals surface area (Å²) in [5.41, 5.74) is 3.12. The van der Waals surface area contributed by atoms with Crippen molar-refractivity contribution in [3.63, 3.8) is 0 Å². The zero-order valence-corrected chi connectivity index (χ0v) is 16.0. The van der Waals surface area contributed by atoms with Gasteiger partial charge in [0, 0.05) is 23.3 Å². The van der Waals surface area contributed by atoms with E-state index in [9.17, 15) is 9.59 Å². The summed E-state index contributed by atoms with van der Waals surface area (Å²) in [6.07, 6.45) is 0. The van der Waals surface area contributed by atoms with Crippen LogP contribution in [0.25, 0.3) is 21.8 Å². The van der Waals surface area contributed by atoms with Crippen molar-refractivity contribution in [2.45, 2.75) is 26.2 Å². The minimum atomic E-state index is -0.550. The number of hydrogen-bond donors (Lipinski definition) is 0. The van der Waals surface area contributed by atoms with Gasteiger partial charge in [-0.25, -0.2) is 9.59 Å². The highest BCUT2D eigenvalue weighted by atomic mass is 16.5. The maximum atomic E-state index is 12.6. The first-order valence-electron chi connectivity index (χ1n) is 8.43. The quantitative estimate of drug-likeness (QED) is 0.648. The second-order valence-corrected chi connectivity index (χ2v) is 7.38. The average molecular weight is 353 g/mol. The molecule has 0 atom stereocenters. The van der Waals surface area contributed by atoms with Crippen molar-refractivity contribution in [3.05, 3.63) is 47.0 Å². The molecule has 0 bridgehead atoms. The van der Waals surface area contributed by atoms with Crippen LogP contribution in [0.3, 0.4) is 0 Å². The Bertz CT molecular complexity index is 1040. The Balaban J connectivity index is 2.67. The van der Waals surface area contributed by atoms with Gasteiger partial charge in [0.2, 0.25) is 0 Å². The molecule has 0 saturated carbocycles. The van der Waals surface area contributed by atoms with Crippen molar-refractivity contribution in [1.29, 1.82) is 0 Å². The van der Waals surface area contributed by atoms with Crippen LogP contribution < -0.4 is 0 Å². The lowest BCUT2D eigenvalue weighted by molar-refractivity contribution is 0.0557. The van der Waals surface area contributed by atoms with Gasteiger partial charge in [0.05, 0.1) is 30.9 Å². The number of fused-ring (bicyclic) bond motifs is 3. The molecule has 5 heteroatoms. The standard InChI is InChI=1S/C21H23NO4/c1-21(2,3)14-11-13(19(23)25-5)17(20(24)26-6)16-12-9-7-8-10-15(12)22(4)18(14)16/h7-11H,1-6H3. The van der Waals surface area contributed by atoms with E-state index in [1.54, 1.807) is 6.07 Å². The summed E-state index contributed by atoms with van der Waals surface area (Å²) in [5, 5.41) is 1.63. The second kappa shape index (κ2) is 6.16. The number of hydrogen-bond acceptors (Lipinski definition) is 4. The van der Waals surface area contributed by atoms with Crippen molar-refractivity contribution in [2.24, 2.45) is 7.05 Å². The van der Waals surface area contributed by atoms with Gasteiger partial charge in [0.25, 0.3) is 0 Å². The third-order valence-corrected chi connectivity index (χ3v) is 4.77. The van der Waals surface area contributed by atoms with Gasteiger partial charge in [-0.3, -0.25) is 0 Å². The lowest BCUT2D eigenvalue weighted by Gasteiger charge is -2.23. The van der Waals surface area contributed by atoms with E-state index in [4.69, 9.17) is 9.47 Å². The second-order valence-electron chi connectivity index (χ2n) is 7.38. The van der Waals surface area contributed by atoms with E-state index in [0.717, 1.165) is 27.4 Å². The van der Waals surface area contributed by atoms with Crippen LogP contribution in [0.5, 0.6) is 0 Å². The largest absolute Gasteiger partial charge is 0.465 e. The molecule has 0 aliphatic carbocycles. The molecule has 5 nitrogen and oxygen atoms in total. The van der Waals surface area contributed by atoms with Crippen LogP contribution in [0, 0.1) is 0 Å². The van der Waals surface area contributed by atoms with Crippen molar-refractivity contribution in [1.82, 2.24) is 4.57 Å². The average Bonchev–Trinajstić information content (AvgIpc) is 2.91. The van der Waals surface area contributed by atoms with E-state index in [1.165, 1.54) is 14.2 Å². The molecular weight excluding hydrogens is 330 g/mol. The molecule has 0 aliphatic rings. The molecule has 0 amide bonds. The van der Waals surface area contributed by atoms with Crippen LogP contribution in [0.15, 0.2) is 30.3 Å². The first kappa shape index (κ1) is 18.0. The lowest BCUT2D eigenvalue weighted by atomic mass is 9.82. The summed E-state index contributed by atoms with van der Waals surface area (Å²) in [6, 6.07) is 9.60. The summed E-state index contributed by atoms with van der Waals surface area (Å²) >= 11 is 0. The molecule has 136 valence electrons. The summed E-state index contributed by atoms with van der Waals surface area (Å²) in [7, 11) is 4.60. The van der Waals surface area contributed by atoms with E-state index in [0.29, 0.717) is 0 Å². The fourth-order valence-corrected chi connectivity index (χ4v) is 3.54. The number of benzene rings is 2. The van der Waals surface area contributed by atoms with Crippen LogP contribution in [-0.4, -0.2) is 30.7 Å². The molecule has 0 aliphatic heterocycles. The Morgan fingerprint density at radius 1 is 1.00 bits per heavy atom. The van der Waals surface area contributed by atoms with Gasteiger partial charge in [-0.15, -0.1) is 0 Å². The van der Waals surface area contributed by atoms with Crippen molar-refractivity contribution in [2.75, 3.05) is 14.2 Å². The van der Waals surface area contributed by atoms with E-state index in [-0.39, 0.29) is 16.5 Å². The zero-order chi connectivity index (χ0) is 19.2. The Labute approximate surface area is 152 Å². The monoisotopic (exact) mass is 353 g/mol. The van der Waals surface area contributed by atoms with E-state index < -0.39 is 11.9 Å². The van der Waals surface area contributed by atoms with Gasteiger partial charge in [-0.2, -0.15) is 0 Å². The smallest absolute Gasteiger partial charge is 0.339 e.